The van der Waals surface area contributed by atoms with Crippen molar-refractivity contribution < 1.29 is 9.53 Å². The summed E-state index contributed by atoms with van der Waals surface area (Å²) in [7, 11) is 0. The van der Waals surface area contributed by atoms with Crippen molar-refractivity contribution in [1.82, 2.24) is 20.8 Å². The van der Waals surface area contributed by atoms with Crippen LogP contribution in [0.1, 0.15) is 18.5 Å². The monoisotopic (exact) mass is 286 g/mol. The zero-order valence-corrected chi connectivity index (χ0v) is 11.8. The molecule has 2 atom stereocenters. The number of esters is 1. The molecule has 1 aromatic heterocycles. The van der Waals surface area contributed by atoms with E-state index >= 15 is 0 Å². The van der Waals surface area contributed by atoms with Gasteiger partial charge in [0.15, 0.2) is 0 Å². The topological polar surface area (TPSA) is 79.0 Å². The van der Waals surface area contributed by atoms with Gasteiger partial charge >= 0.3 is 5.97 Å². The number of nitrogens with one attached hydrogen (secondary N) is 3. The Kier molecular flexibility index (Phi) is 3.98. The number of aromatic nitrogens is 2. The van der Waals surface area contributed by atoms with Crippen LogP contribution in [0.3, 0.4) is 0 Å². The lowest BCUT2D eigenvalue weighted by Gasteiger charge is -2.17. The molecule has 1 saturated heterocycles. The highest BCUT2D eigenvalue weighted by Crippen LogP contribution is 2.29. The smallest absolute Gasteiger partial charge is 0.325 e. The van der Waals surface area contributed by atoms with Crippen molar-refractivity contribution in [1.29, 1.82) is 0 Å². The molecule has 6 nitrogen and oxygen atoms in total. The number of hydrogen-bond donors (Lipinski definition) is 3. The van der Waals surface area contributed by atoms with E-state index < -0.39 is 6.04 Å². The van der Waals surface area contributed by atoms with Gasteiger partial charge in [-0.3, -0.25) is 10.2 Å². The Labute approximate surface area is 122 Å². The molecule has 0 spiro atoms. The number of benzene rings is 1. The highest BCUT2D eigenvalue weighted by molar-refractivity contribution is 5.78. The molecule has 0 saturated carbocycles. The molecule has 0 bridgehead atoms. The number of ether oxygens (including phenoxy) is 1. The molecule has 1 aliphatic heterocycles. The Morgan fingerprint density at radius 1 is 1.38 bits per heavy atom. The summed E-state index contributed by atoms with van der Waals surface area (Å²) in [6.07, 6.45) is 1.66. The van der Waals surface area contributed by atoms with Crippen LogP contribution in [0.2, 0.25) is 0 Å². The summed E-state index contributed by atoms with van der Waals surface area (Å²) in [5.74, 6) is -0.289. The maximum Gasteiger partial charge on any atom is 0.325 e. The number of hydrogen-bond acceptors (Lipinski definition) is 5. The summed E-state index contributed by atoms with van der Waals surface area (Å²) >= 11 is 0. The van der Waals surface area contributed by atoms with E-state index in [1.807, 2.05) is 30.3 Å². The minimum absolute atomic E-state index is 0.0400. The third-order valence-corrected chi connectivity index (χ3v) is 3.61. The van der Waals surface area contributed by atoms with Crippen molar-refractivity contribution in [3.63, 3.8) is 0 Å². The second kappa shape index (κ2) is 6.07. The van der Waals surface area contributed by atoms with Crippen LogP contribution in [0, 0.1) is 0 Å². The van der Waals surface area contributed by atoms with Gasteiger partial charge in [0.25, 0.3) is 0 Å². The van der Waals surface area contributed by atoms with Crippen molar-refractivity contribution in [2.75, 3.05) is 13.2 Å². The van der Waals surface area contributed by atoms with E-state index in [2.05, 4.69) is 20.8 Å². The Balaban J connectivity index is 1.91. The third kappa shape index (κ3) is 2.68. The van der Waals surface area contributed by atoms with Crippen LogP contribution in [0.15, 0.2) is 36.7 Å². The quantitative estimate of drug-likeness (QED) is 0.736. The van der Waals surface area contributed by atoms with E-state index in [-0.39, 0.29) is 11.9 Å². The Morgan fingerprint density at radius 2 is 2.19 bits per heavy atom. The molecule has 3 rings (SSSR count). The van der Waals surface area contributed by atoms with E-state index in [1.54, 1.807) is 13.3 Å². The van der Waals surface area contributed by atoms with Gasteiger partial charge in [0.2, 0.25) is 0 Å². The fourth-order valence-electron chi connectivity index (χ4n) is 2.63. The van der Waals surface area contributed by atoms with Gasteiger partial charge in [0.05, 0.1) is 18.6 Å². The fourth-order valence-corrected chi connectivity index (χ4v) is 2.63. The number of imidazole rings is 1. The molecular weight excluding hydrogens is 268 g/mol. The number of nitrogens with zero attached hydrogens (tertiary/aromatic N) is 1. The molecule has 1 aliphatic rings. The largest absolute Gasteiger partial charge is 0.465 e. The van der Waals surface area contributed by atoms with Crippen molar-refractivity contribution in [2.24, 2.45) is 0 Å². The number of hydrazine groups is 1. The second-order valence-electron chi connectivity index (χ2n) is 4.89. The molecule has 21 heavy (non-hydrogen) atoms. The molecule has 2 aromatic rings. The van der Waals surface area contributed by atoms with Gasteiger partial charge in [-0.25, -0.2) is 10.4 Å². The van der Waals surface area contributed by atoms with Gasteiger partial charge in [-0.15, -0.1) is 0 Å². The summed E-state index contributed by atoms with van der Waals surface area (Å²) in [6, 6.07) is 9.52. The standard InChI is InChI=1S/C15H18N4O2/c1-2-21-15(20)14-11(8-18-19-14)13-12(16-9-17-13)10-6-4-3-5-7-10/h3-7,9,11,14,18-19H,2,8H2,1H3,(H,16,17). The molecule has 0 amide bonds. The van der Waals surface area contributed by atoms with Crippen molar-refractivity contribution in [2.45, 2.75) is 18.9 Å². The van der Waals surface area contributed by atoms with Crippen LogP contribution in [-0.2, 0) is 9.53 Å². The molecule has 1 fully saturated rings. The fraction of sp³-hybridized carbons (Fsp3) is 0.333. The summed E-state index contributed by atoms with van der Waals surface area (Å²) in [4.78, 5) is 19.6. The van der Waals surface area contributed by atoms with Crippen LogP contribution in [0.4, 0.5) is 0 Å². The number of aromatic amines is 1. The summed E-state index contributed by atoms with van der Waals surface area (Å²) in [5, 5.41) is 0. The van der Waals surface area contributed by atoms with Gasteiger partial charge in [-0.05, 0) is 6.92 Å². The summed E-state index contributed by atoms with van der Waals surface area (Å²) in [6.45, 7) is 2.82. The van der Waals surface area contributed by atoms with Gasteiger partial charge < -0.3 is 9.72 Å². The number of H-pyrrole nitrogens is 1. The Bertz CT molecular complexity index is 611. The maximum atomic E-state index is 12.0. The van der Waals surface area contributed by atoms with Crippen LogP contribution < -0.4 is 10.9 Å². The summed E-state index contributed by atoms with van der Waals surface area (Å²) in [5.41, 5.74) is 8.86. The van der Waals surface area contributed by atoms with Crippen LogP contribution in [0.25, 0.3) is 11.3 Å². The average molecular weight is 286 g/mol. The molecular formula is C15H18N4O2. The lowest BCUT2D eigenvalue weighted by molar-refractivity contribution is -0.145. The second-order valence-corrected chi connectivity index (χ2v) is 4.89. The first-order valence-corrected chi connectivity index (χ1v) is 7.05. The Morgan fingerprint density at radius 3 is 2.95 bits per heavy atom. The number of carbonyl (C=O) groups excluding carboxylic acids is 1. The predicted octanol–water partition coefficient (Wildman–Crippen LogP) is 1.20. The first kappa shape index (κ1) is 13.8. The van der Waals surface area contributed by atoms with Crippen molar-refractivity contribution in [3.05, 3.63) is 42.4 Å². The molecule has 110 valence electrons. The minimum atomic E-state index is -0.409. The van der Waals surface area contributed by atoms with Crippen molar-refractivity contribution >= 4 is 5.97 Å². The molecule has 0 radical (unpaired) electrons. The highest BCUT2D eigenvalue weighted by Gasteiger charge is 2.37. The van der Waals surface area contributed by atoms with Gasteiger partial charge in [-0.2, -0.15) is 0 Å². The average Bonchev–Trinajstić information content (AvgIpc) is 3.17. The zero-order valence-electron chi connectivity index (χ0n) is 11.8. The molecule has 2 unspecified atom stereocenters. The maximum absolute atomic E-state index is 12.0. The third-order valence-electron chi connectivity index (χ3n) is 3.61. The van der Waals surface area contributed by atoms with Gasteiger partial charge in [0.1, 0.15) is 6.04 Å². The van der Waals surface area contributed by atoms with E-state index in [0.29, 0.717) is 13.2 Å². The molecule has 2 heterocycles. The van der Waals surface area contributed by atoms with Crippen molar-refractivity contribution in [3.8, 4) is 11.3 Å². The molecule has 1 aromatic carbocycles. The number of carbonyl (C=O) groups is 1. The van der Waals surface area contributed by atoms with Crippen LogP contribution >= 0.6 is 0 Å². The molecule has 6 heteroatoms. The number of rotatable bonds is 4. The first-order valence-electron chi connectivity index (χ1n) is 7.05. The van der Waals surface area contributed by atoms with Crippen LogP contribution in [-0.4, -0.2) is 35.1 Å². The SMILES string of the molecule is CCOC(=O)C1NNCC1c1[nH]cnc1-c1ccccc1. The molecule has 0 aliphatic carbocycles. The predicted molar refractivity (Wildman–Crippen MR) is 78.3 cm³/mol. The minimum Gasteiger partial charge on any atom is -0.465 e. The van der Waals surface area contributed by atoms with Gasteiger partial charge in [0, 0.05) is 23.7 Å². The highest BCUT2D eigenvalue weighted by atomic mass is 16.5. The van der Waals surface area contributed by atoms with Crippen LogP contribution in [0.5, 0.6) is 0 Å². The van der Waals surface area contributed by atoms with E-state index in [0.717, 1.165) is 17.0 Å². The van der Waals surface area contributed by atoms with E-state index in [1.165, 1.54) is 0 Å². The van der Waals surface area contributed by atoms with E-state index in [9.17, 15) is 4.79 Å². The normalized spacial score (nSPS) is 21.4. The zero-order chi connectivity index (χ0) is 14.7. The first-order chi connectivity index (χ1) is 10.3. The Hall–Kier alpha value is -2.18. The summed E-state index contributed by atoms with van der Waals surface area (Å²) < 4.78 is 5.12. The molecule has 3 N–H and O–H groups in total. The lowest BCUT2D eigenvalue weighted by Crippen LogP contribution is -2.39. The van der Waals surface area contributed by atoms with Gasteiger partial charge in [-0.1, -0.05) is 30.3 Å². The lowest BCUT2D eigenvalue weighted by atomic mass is 9.94. The van der Waals surface area contributed by atoms with E-state index in [4.69, 9.17) is 4.74 Å².